The minimum atomic E-state index is -0.256. The molecule has 118 valence electrons. The highest BCUT2D eigenvalue weighted by Crippen LogP contribution is 2.19. The van der Waals surface area contributed by atoms with E-state index in [-0.39, 0.29) is 18.6 Å². The van der Waals surface area contributed by atoms with Gasteiger partial charge in [-0.3, -0.25) is 0 Å². The average Bonchev–Trinajstić information content (AvgIpc) is 3.01. The van der Waals surface area contributed by atoms with Crippen molar-refractivity contribution in [3.05, 3.63) is 42.1 Å². The van der Waals surface area contributed by atoms with E-state index in [0.29, 0.717) is 31.0 Å². The molecule has 2 aromatic rings. The second kappa shape index (κ2) is 8.19. The van der Waals surface area contributed by atoms with Crippen LogP contribution in [0.2, 0.25) is 0 Å². The zero-order valence-corrected chi connectivity index (χ0v) is 12.6. The molecule has 0 aliphatic rings. The Morgan fingerprint density at radius 1 is 1.32 bits per heavy atom. The number of nitrogens with one attached hydrogen (secondary N) is 2. The van der Waals surface area contributed by atoms with Crippen molar-refractivity contribution in [3.63, 3.8) is 0 Å². The lowest BCUT2D eigenvalue weighted by molar-refractivity contribution is 0.233. The van der Waals surface area contributed by atoms with Gasteiger partial charge in [-0.1, -0.05) is 42.4 Å². The van der Waals surface area contributed by atoms with Crippen LogP contribution in [0, 0.1) is 5.92 Å². The van der Waals surface area contributed by atoms with Gasteiger partial charge in [-0.25, -0.2) is 4.79 Å². The van der Waals surface area contributed by atoms with Crippen molar-refractivity contribution in [1.82, 2.24) is 15.8 Å². The van der Waals surface area contributed by atoms with Crippen LogP contribution in [0.1, 0.15) is 19.0 Å². The summed E-state index contributed by atoms with van der Waals surface area (Å²) < 4.78 is 5.26. The van der Waals surface area contributed by atoms with E-state index in [1.165, 1.54) is 0 Å². The molecule has 0 aliphatic heterocycles. The fraction of sp³-hybridized carbons (Fsp3) is 0.375. The van der Waals surface area contributed by atoms with Crippen LogP contribution in [0.25, 0.3) is 11.3 Å². The van der Waals surface area contributed by atoms with Crippen molar-refractivity contribution in [2.45, 2.75) is 19.9 Å². The maximum atomic E-state index is 11.7. The molecule has 2 rings (SSSR count). The van der Waals surface area contributed by atoms with Crippen molar-refractivity contribution >= 4 is 6.03 Å². The zero-order chi connectivity index (χ0) is 15.8. The number of benzene rings is 1. The van der Waals surface area contributed by atoms with Gasteiger partial charge < -0.3 is 20.3 Å². The van der Waals surface area contributed by atoms with Gasteiger partial charge in [0, 0.05) is 24.8 Å². The van der Waals surface area contributed by atoms with Gasteiger partial charge in [-0.15, -0.1) is 0 Å². The minimum absolute atomic E-state index is 0.131. The number of aromatic nitrogens is 1. The number of hydrogen-bond acceptors (Lipinski definition) is 4. The zero-order valence-electron chi connectivity index (χ0n) is 12.6. The minimum Gasteiger partial charge on any atom is -0.396 e. The van der Waals surface area contributed by atoms with Crippen LogP contribution in [0.4, 0.5) is 4.79 Å². The summed E-state index contributed by atoms with van der Waals surface area (Å²) in [5.41, 5.74) is 1.61. The number of rotatable bonds is 7. The molecular weight excluding hydrogens is 282 g/mol. The number of urea groups is 1. The molecule has 1 unspecified atom stereocenters. The molecule has 6 heteroatoms. The maximum absolute atomic E-state index is 11.7. The SMILES string of the molecule is CC(CCO)CNC(=O)NCc1cc(-c2ccccc2)on1. The molecule has 1 heterocycles. The maximum Gasteiger partial charge on any atom is 0.315 e. The Morgan fingerprint density at radius 2 is 2.09 bits per heavy atom. The predicted octanol–water partition coefficient (Wildman–Crippen LogP) is 2.16. The highest BCUT2D eigenvalue weighted by molar-refractivity contribution is 5.73. The predicted molar refractivity (Wildman–Crippen MR) is 83.0 cm³/mol. The smallest absolute Gasteiger partial charge is 0.315 e. The fourth-order valence-electron chi connectivity index (χ4n) is 1.96. The lowest BCUT2D eigenvalue weighted by Gasteiger charge is -2.11. The first kappa shape index (κ1) is 16.0. The summed E-state index contributed by atoms with van der Waals surface area (Å²) in [5, 5.41) is 18.2. The summed E-state index contributed by atoms with van der Waals surface area (Å²) >= 11 is 0. The largest absolute Gasteiger partial charge is 0.396 e. The van der Waals surface area contributed by atoms with Crippen molar-refractivity contribution in [1.29, 1.82) is 0 Å². The number of carbonyl (C=O) groups is 1. The summed E-state index contributed by atoms with van der Waals surface area (Å²) in [6.07, 6.45) is 0.671. The average molecular weight is 303 g/mol. The second-order valence-electron chi connectivity index (χ2n) is 5.23. The van der Waals surface area contributed by atoms with Gasteiger partial charge in [0.25, 0.3) is 0 Å². The molecule has 0 saturated carbocycles. The summed E-state index contributed by atoms with van der Waals surface area (Å²) in [4.78, 5) is 11.7. The van der Waals surface area contributed by atoms with E-state index in [1.54, 1.807) is 0 Å². The molecule has 0 radical (unpaired) electrons. The quantitative estimate of drug-likeness (QED) is 0.731. The van der Waals surface area contributed by atoms with Crippen LogP contribution < -0.4 is 10.6 Å². The molecule has 1 atom stereocenters. The van der Waals surface area contributed by atoms with Crippen LogP contribution in [0.15, 0.2) is 40.9 Å². The molecule has 6 nitrogen and oxygen atoms in total. The first-order valence-electron chi connectivity index (χ1n) is 7.32. The molecule has 1 aromatic heterocycles. The van der Waals surface area contributed by atoms with Crippen LogP contribution in [-0.2, 0) is 6.54 Å². The topological polar surface area (TPSA) is 87.4 Å². The number of amides is 2. The van der Waals surface area contributed by atoms with Gasteiger partial charge in [-0.05, 0) is 12.3 Å². The summed E-state index contributed by atoms with van der Waals surface area (Å²) in [5.74, 6) is 0.918. The third-order valence-corrected chi connectivity index (χ3v) is 3.28. The van der Waals surface area contributed by atoms with Crippen molar-refractivity contribution in [2.24, 2.45) is 5.92 Å². The van der Waals surface area contributed by atoms with E-state index in [2.05, 4.69) is 15.8 Å². The monoisotopic (exact) mass is 303 g/mol. The third kappa shape index (κ3) is 4.89. The lowest BCUT2D eigenvalue weighted by atomic mass is 10.1. The first-order chi connectivity index (χ1) is 10.7. The number of aliphatic hydroxyl groups is 1. The Hall–Kier alpha value is -2.34. The summed E-state index contributed by atoms with van der Waals surface area (Å²) in [7, 11) is 0. The van der Waals surface area contributed by atoms with Gasteiger partial charge in [0.1, 0.15) is 5.69 Å². The Labute approximate surface area is 129 Å². The third-order valence-electron chi connectivity index (χ3n) is 3.28. The molecule has 0 spiro atoms. The van der Waals surface area contributed by atoms with E-state index < -0.39 is 0 Å². The molecule has 22 heavy (non-hydrogen) atoms. The van der Waals surface area contributed by atoms with E-state index in [1.807, 2.05) is 43.3 Å². The van der Waals surface area contributed by atoms with Crippen molar-refractivity contribution in [2.75, 3.05) is 13.2 Å². The summed E-state index contributed by atoms with van der Waals surface area (Å²) in [6.45, 7) is 2.93. The molecule has 2 amide bonds. The van der Waals surface area contributed by atoms with Gasteiger partial charge in [0.2, 0.25) is 0 Å². The van der Waals surface area contributed by atoms with Crippen LogP contribution >= 0.6 is 0 Å². The molecule has 3 N–H and O–H groups in total. The van der Waals surface area contributed by atoms with Gasteiger partial charge in [0.15, 0.2) is 5.76 Å². The standard InChI is InChI=1S/C16H21N3O3/c1-12(7-8-20)10-17-16(21)18-11-14-9-15(22-19-14)13-5-3-2-4-6-13/h2-6,9,12,20H,7-8,10-11H2,1H3,(H2,17,18,21). The van der Waals surface area contributed by atoms with Crippen LogP contribution in [0.5, 0.6) is 0 Å². The van der Waals surface area contributed by atoms with Crippen LogP contribution in [0.3, 0.4) is 0 Å². The lowest BCUT2D eigenvalue weighted by Crippen LogP contribution is -2.37. The van der Waals surface area contributed by atoms with Crippen molar-refractivity contribution < 1.29 is 14.4 Å². The number of hydrogen-bond donors (Lipinski definition) is 3. The summed E-state index contributed by atoms with van der Waals surface area (Å²) in [6, 6.07) is 11.2. The van der Waals surface area contributed by atoms with Crippen LogP contribution in [-0.4, -0.2) is 29.4 Å². The second-order valence-corrected chi connectivity index (χ2v) is 5.23. The van der Waals surface area contributed by atoms with Gasteiger partial charge >= 0.3 is 6.03 Å². The number of aliphatic hydroxyl groups excluding tert-OH is 1. The van der Waals surface area contributed by atoms with E-state index in [9.17, 15) is 4.79 Å². The highest BCUT2D eigenvalue weighted by atomic mass is 16.5. The number of carbonyl (C=O) groups excluding carboxylic acids is 1. The number of nitrogens with zero attached hydrogens (tertiary/aromatic N) is 1. The molecule has 0 saturated heterocycles. The Morgan fingerprint density at radius 3 is 2.82 bits per heavy atom. The fourth-order valence-corrected chi connectivity index (χ4v) is 1.96. The molecule has 0 aliphatic carbocycles. The highest BCUT2D eigenvalue weighted by Gasteiger charge is 2.08. The van der Waals surface area contributed by atoms with E-state index in [0.717, 1.165) is 5.56 Å². The van der Waals surface area contributed by atoms with E-state index >= 15 is 0 Å². The van der Waals surface area contributed by atoms with E-state index in [4.69, 9.17) is 9.63 Å². The normalized spacial score (nSPS) is 11.9. The Kier molecular flexibility index (Phi) is 5.97. The molecule has 1 aromatic carbocycles. The van der Waals surface area contributed by atoms with Crippen molar-refractivity contribution in [3.8, 4) is 11.3 Å². The van der Waals surface area contributed by atoms with Gasteiger partial charge in [0.05, 0.1) is 6.54 Å². The van der Waals surface area contributed by atoms with Gasteiger partial charge in [-0.2, -0.15) is 0 Å². The molecule has 0 fully saturated rings. The molecule has 0 bridgehead atoms. The molecular formula is C16H21N3O3. The Bertz CT molecular complexity index is 583. The Balaban J connectivity index is 1.78. The first-order valence-corrected chi connectivity index (χ1v) is 7.32.